The second-order valence-electron chi connectivity index (χ2n) is 6.32. The molecule has 0 radical (unpaired) electrons. The van der Waals surface area contributed by atoms with Crippen LogP contribution in [0.5, 0.6) is 11.5 Å². The van der Waals surface area contributed by atoms with Gasteiger partial charge in [-0.15, -0.1) is 0 Å². The van der Waals surface area contributed by atoms with Gasteiger partial charge < -0.3 is 25.2 Å². The van der Waals surface area contributed by atoms with Gasteiger partial charge in [0.05, 0.1) is 26.4 Å². The third kappa shape index (κ3) is 6.49. The van der Waals surface area contributed by atoms with Crippen LogP contribution in [-0.2, 0) is 12.6 Å². The normalized spacial score (nSPS) is 13.7. The molecule has 8 heteroatoms. The number of nitrogens with zero attached hydrogens (tertiary/aromatic N) is 3. The van der Waals surface area contributed by atoms with Crippen LogP contribution < -0.4 is 20.1 Å². The number of aliphatic hydroxyl groups is 1. The van der Waals surface area contributed by atoms with E-state index in [2.05, 4.69) is 20.7 Å². The highest BCUT2D eigenvalue weighted by Crippen LogP contribution is 2.20. The molecule has 148 valence electrons. The molecule has 0 spiro atoms. The van der Waals surface area contributed by atoms with E-state index in [0.717, 1.165) is 23.6 Å². The number of methoxy groups -OCH3 is 1. The van der Waals surface area contributed by atoms with Crippen molar-refractivity contribution in [3.05, 3.63) is 42.2 Å². The van der Waals surface area contributed by atoms with Gasteiger partial charge in [0.25, 0.3) is 0 Å². The predicted molar refractivity (Wildman–Crippen MR) is 105 cm³/mol. The zero-order valence-electron chi connectivity index (χ0n) is 16.4. The highest BCUT2D eigenvalue weighted by molar-refractivity contribution is 5.79. The van der Waals surface area contributed by atoms with Crippen molar-refractivity contribution in [2.24, 2.45) is 12.0 Å². The first-order chi connectivity index (χ1) is 12.9. The standard InChI is InChI=1S/C19H29N5O3/c1-5-20-18(22-14-19(2,25)15-12-23-24(3)13-15)21-10-11-27-17-8-6-16(26-4)7-9-17/h6-9,12-13,25H,5,10-11,14H2,1-4H3,(H2,20,21,22). The second-order valence-corrected chi connectivity index (χ2v) is 6.32. The zero-order valence-corrected chi connectivity index (χ0v) is 16.4. The third-order valence-electron chi connectivity index (χ3n) is 3.94. The summed E-state index contributed by atoms with van der Waals surface area (Å²) in [6, 6.07) is 7.44. The average molecular weight is 375 g/mol. The van der Waals surface area contributed by atoms with E-state index in [1.807, 2.05) is 38.2 Å². The summed E-state index contributed by atoms with van der Waals surface area (Å²) in [7, 11) is 3.45. The van der Waals surface area contributed by atoms with Gasteiger partial charge in [0.15, 0.2) is 5.96 Å². The topological polar surface area (TPSA) is 92.9 Å². The van der Waals surface area contributed by atoms with Gasteiger partial charge in [0.2, 0.25) is 0 Å². The number of rotatable bonds is 9. The van der Waals surface area contributed by atoms with Crippen LogP contribution in [0.2, 0.25) is 0 Å². The Morgan fingerprint density at radius 1 is 1.26 bits per heavy atom. The summed E-state index contributed by atoms with van der Waals surface area (Å²) in [5.74, 6) is 2.20. The lowest BCUT2D eigenvalue weighted by Crippen LogP contribution is -2.40. The van der Waals surface area contributed by atoms with Crippen LogP contribution in [0.25, 0.3) is 0 Å². The number of benzene rings is 1. The van der Waals surface area contributed by atoms with E-state index < -0.39 is 5.60 Å². The lowest BCUT2D eigenvalue weighted by atomic mass is 10.0. The molecule has 0 bridgehead atoms. The molecule has 8 nitrogen and oxygen atoms in total. The van der Waals surface area contributed by atoms with Crippen LogP contribution in [0, 0.1) is 0 Å². The third-order valence-corrected chi connectivity index (χ3v) is 3.94. The van der Waals surface area contributed by atoms with E-state index >= 15 is 0 Å². The van der Waals surface area contributed by atoms with Gasteiger partial charge in [0, 0.05) is 25.4 Å². The molecule has 0 amide bonds. The quantitative estimate of drug-likeness (QED) is 0.347. The lowest BCUT2D eigenvalue weighted by Gasteiger charge is -2.20. The fourth-order valence-corrected chi connectivity index (χ4v) is 2.38. The summed E-state index contributed by atoms with van der Waals surface area (Å²) in [4.78, 5) is 4.47. The van der Waals surface area contributed by atoms with Crippen LogP contribution in [0.1, 0.15) is 19.4 Å². The Bertz CT molecular complexity index is 725. The maximum atomic E-state index is 10.6. The van der Waals surface area contributed by atoms with E-state index in [-0.39, 0.29) is 6.54 Å². The molecule has 0 aliphatic carbocycles. The van der Waals surface area contributed by atoms with Crippen molar-refractivity contribution in [2.45, 2.75) is 19.4 Å². The smallest absolute Gasteiger partial charge is 0.191 e. The number of aromatic nitrogens is 2. The van der Waals surface area contributed by atoms with Crippen molar-refractivity contribution in [3.63, 3.8) is 0 Å². The van der Waals surface area contributed by atoms with Gasteiger partial charge in [-0.2, -0.15) is 5.10 Å². The van der Waals surface area contributed by atoms with Crippen LogP contribution in [-0.4, -0.2) is 54.2 Å². The minimum absolute atomic E-state index is 0.216. The molecule has 2 rings (SSSR count). The van der Waals surface area contributed by atoms with Gasteiger partial charge in [-0.1, -0.05) is 0 Å². The number of guanidine groups is 1. The zero-order chi connectivity index (χ0) is 19.7. The Morgan fingerprint density at radius 3 is 2.56 bits per heavy atom. The van der Waals surface area contributed by atoms with Crippen molar-refractivity contribution < 1.29 is 14.6 Å². The number of aryl methyl sites for hydroxylation is 1. The minimum Gasteiger partial charge on any atom is -0.497 e. The molecule has 1 heterocycles. The number of nitrogens with one attached hydrogen (secondary N) is 2. The van der Waals surface area contributed by atoms with Crippen LogP contribution in [0.3, 0.4) is 0 Å². The average Bonchev–Trinajstić information content (AvgIpc) is 3.11. The molecule has 0 aliphatic rings. The summed E-state index contributed by atoms with van der Waals surface area (Å²) in [6.07, 6.45) is 3.44. The molecule has 1 aromatic heterocycles. The van der Waals surface area contributed by atoms with E-state index in [4.69, 9.17) is 9.47 Å². The Balaban J connectivity index is 1.83. The van der Waals surface area contributed by atoms with Crippen LogP contribution >= 0.6 is 0 Å². The number of ether oxygens (including phenoxy) is 2. The first-order valence-electron chi connectivity index (χ1n) is 8.95. The van der Waals surface area contributed by atoms with Crippen molar-refractivity contribution in [1.82, 2.24) is 20.4 Å². The summed E-state index contributed by atoms with van der Waals surface area (Å²) < 4.78 is 12.5. The maximum Gasteiger partial charge on any atom is 0.191 e. The molecule has 0 saturated heterocycles. The van der Waals surface area contributed by atoms with Crippen molar-refractivity contribution >= 4 is 5.96 Å². The Hall–Kier alpha value is -2.74. The Kier molecular flexibility index (Phi) is 7.48. The van der Waals surface area contributed by atoms with Gasteiger partial charge in [0.1, 0.15) is 23.7 Å². The van der Waals surface area contributed by atoms with Crippen molar-refractivity contribution in [1.29, 1.82) is 0 Å². The highest BCUT2D eigenvalue weighted by Gasteiger charge is 2.24. The van der Waals surface area contributed by atoms with E-state index in [1.165, 1.54) is 0 Å². The SMILES string of the molecule is CCNC(=NCC(C)(O)c1cnn(C)c1)NCCOc1ccc(OC)cc1. The number of hydrogen-bond acceptors (Lipinski definition) is 5. The van der Waals surface area contributed by atoms with Crippen molar-refractivity contribution in [3.8, 4) is 11.5 Å². The molecule has 27 heavy (non-hydrogen) atoms. The molecule has 2 aromatic rings. The van der Waals surface area contributed by atoms with Crippen molar-refractivity contribution in [2.75, 3.05) is 33.4 Å². The number of aliphatic imine (C=N–C) groups is 1. The highest BCUT2D eigenvalue weighted by atomic mass is 16.5. The fraction of sp³-hybridized carbons (Fsp3) is 0.474. The summed E-state index contributed by atoms with van der Waals surface area (Å²) in [6.45, 7) is 5.71. The van der Waals surface area contributed by atoms with Gasteiger partial charge >= 0.3 is 0 Å². The molecule has 1 aromatic carbocycles. The van der Waals surface area contributed by atoms with Crippen LogP contribution in [0.4, 0.5) is 0 Å². The molecule has 0 aliphatic heterocycles. The summed E-state index contributed by atoms with van der Waals surface area (Å²) in [5.41, 5.74) is -0.358. The summed E-state index contributed by atoms with van der Waals surface area (Å²) >= 11 is 0. The molecular formula is C19H29N5O3. The fourth-order valence-electron chi connectivity index (χ4n) is 2.38. The molecule has 0 saturated carbocycles. The van der Waals surface area contributed by atoms with E-state index in [0.29, 0.717) is 19.1 Å². The molecule has 3 N–H and O–H groups in total. The van der Waals surface area contributed by atoms with Gasteiger partial charge in [-0.3, -0.25) is 4.68 Å². The second kappa shape index (κ2) is 9.82. The Labute approximate surface area is 160 Å². The molecule has 1 unspecified atom stereocenters. The largest absolute Gasteiger partial charge is 0.497 e. The minimum atomic E-state index is -1.09. The maximum absolute atomic E-state index is 10.6. The Morgan fingerprint density at radius 2 is 1.96 bits per heavy atom. The first kappa shape index (κ1) is 20.6. The number of hydrogen-bond donors (Lipinski definition) is 3. The predicted octanol–water partition coefficient (Wildman–Crippen LogP) is 1.27. The molecule has 0 fully saturated rings. The van der Waals surface area contributed by atoms with Crippen LogP contribution in [0.15, 0.2) is 41.7 Å². The van der Waals surface area contributed by atoms with E-state index in [1.54, 1.807) is 31.1 Å². The summed E-state index contributed by atoms with van der Waals surface area (Å²) in [5, 5.41) is 21.1. The van der Waals surface area contributed by atoms with Gasteiger partial charge in [-0.05, 0) is 38.1 Å². The monoisotopic (exact) mass is 375 g/mol. The van der Waals surface area contributed by atoms with Gasteiger partial charge in [-0.25, -0.2) is 4.99 Å². The van der Waals surface area contributed by atoms with E-state index in [9.17, 15) is 5.11 Å². The first-order valence-corrected chi connectivity index (χ1v) is 8.95. The molecular weight excluding hydrogens is 346 g/mol. The lowest BCUT2D eigenvalue weighted by molar-refractivity contribution is 0.0672. The molecule has 1 atom stereocenters.